The Balaban J connectivity index is 1.32. The molecule has 0 aliphatic carbocycles. The first-order chi connectivity index (χ1) is 17.3. The second-order valence-corrected chi connectivity index (χ2v) is 10.6. The van der Waals surface area contributed by atoms with Gasteiger partial charge in [-0.3, -0.25) is 4.79 Å². The standard InChI is InChI=1S/C23H21ClN6O5S/c24-18-1-2-20-16(9-18)10-21(27-20)36(34,35)29-7-8-30(19(13-29)14-31)23(32)22-25-11-17(12-26-22)15-3-5-28(33)6-4-15/h1-6,9-12,19,27,31H,7-8,13-14H2. The molecular weight excluding hydrogens is 508 g/mol. The maximum absolute atomic E-state index is 13.3. The molecule has 13 heteroatoms. The first kappa shape index (κ1) is 24.1. The van der Waals surface area contributed by atoms with E-state index < -0.39 is 28.6 Å². The minimum atomic E-state index is -3.90. The molecule has 1 amide bonds. The third-order valence-electron chi connectivity index (χ3n) is 6.07. The number of hydrogen-bond acceptors (Lipinski definition) is 7. The van der Waals surface area contributed by atoms with Crippen LogP contribution in [0.15, 0.2) is 66.2 Å². The fraction of sp³-hybridized carbons (Fsp3) is 0.217. The van der Waals surface area contributed by atoms with Crippen molar-refractivity contribution in [3.63, 3.8) is 0 Å². The van der Waals surface area contributed by atoms with Crippen LogP contribution in [-0.4, -0.2) is 75.9 Å². The number of aliphatic hydroxyl groups excluding tert-OH is 1. The second-order valence-electron chi connectivity index (χ2n) is 8.31. The number of amides is 1. The van der Waals surface area contributed by atoms with Crippen LogP contribution in [0.2, 0.25) is 5.02 Å². The molecule has 1 unspecified atom stereocenters. The number of carbonyl (C=O) groups excluding carboxylic acids is 1. The van der Waals surface area contributed by atoms with Crippen molar-refractivity contribution in [2.24, 2.45) is 0 Å². The van der Waals surface area contributed by atoms with Crippen molar-refractivity contribution in [3.8, 4) is 11.1 Å². The minimum absolute atomic E-state index is 0.0126. The average Bonchev–Trinajstić information content (AvgIpc) is 3.32. The minimum Gasteiger partial charge on any atom is -0.619 e. The van der Waals surface area contributed by atoms with Crippen molar-refractivity contribution in [1.29, 1.82) is 0 Å². The number of sulfonamides is 1. The molecule has 5 rings (SSSR count). The largest absolute Gasteiger partial charge is 0.619 e. The number of piperazine rings is 1. The number of pyridine rings is 1. The van der Waals surface area contributed by atoms with E-state index in [4.69, 9.17) is 11.6 Å². The molecule has 2 N–H and O–H groups in total. The van der Waals surface area contributed by atoms with Gasteiger partial charge in [0.25, 0.3) is 15.9 Å². The number of nitrogens with one attached hydrogen (secondary N) is 1. The van der Waals surface area contributed by atoms with Gasteiger partial charge >= 0.3 is 0 Å². The SMILES string of the molecule is O=C(c1ncc(-c2cc[n+]([O-])cc2)cn1)N1CCN(S(=O)(=O)c2cc3cc(Cl)ccc3[nH]2)CC1CO. The van der Waals surface area contributed by atoms with Crippen molar-refractivity contribution in [2.75, 3.05) is 26.2 Å². The third-order valence-corrected chi connectivity index (χ3v) is 8.09. The predicted octanol–water partition coefficient (Wildman–Crippen LogP) is 1.42. The van der Waals surface area contributed by atoms with Gasteiger partial charge in [-0.15, -0.1) is 0 Å². The van der Waals surface area contributed by atoms with Gasteiger partial charge in [-0.1, -0.05) is 11.6 Å². The molecule has 1 saturated heterocycles. The Hall–Kier alpha value is -3.58. The molecule has 186 valence electrons. The fourth-order valence-electron chi connectivity index (χ4n) is 4.14. The lowest BCUT2D eigenvalue weighted by Gasteiger charge is -2.39. The van der Waals surface area contributed by atoms with Gasteiger partial charge in [-0.25, -0.2) is 18.4 Å². The Morgan fingerprint density at radius 2 is 1.86 bits per heavy atom. The van der Waals surface area contributed by atoms with E-state index in [1.165, 1.54) is 40.1 Å². The normalized spacial score (nSPS) is 16.9. The number of hydrogen-bond donors (Lipinski definition) is 2. The van der Waals surface area contributed by atoms with Crippen molar-refractivity contribution in [1.82, 2.24) is 24.2 Å². The van der Waals surface area contributed by atoms with Gasteiger partial charge in [-0.2, -0.15) is 9.04 Å². The van der Waals surface area contributed by atoms with E-state index in [1.54, 1.807) is 30.3 Å². The Morgan fingerprint density at radius 3 is 2.56 bits per heavy atom. The van der Waals surface area contributed by atoms with Gasteiger partial charge in [0.05, 0.1) is 12.6 Å². The van der Waals surface area contributed by atoms with E-state index in [2.05, 4.69) is 15.0 Å². The van der Waals surface area contributed by atoms with Gasteiger partial charge < -0.3 is 20.2 Å². The molecule has 1 atom stereocenters. The van der Waals surface area contributed by atoms with Crippen LogP contribution < -0.4 is 4.73 Å². The molecule has 0 saturated carbocycles. The average molecular weight is 529 g/mol. The lowest BCUT2D eigenvalue weighted by Crippen LogP contribution is -2.58. The van der Waals surface area contributed by atoms with Crippen LogP contribution in [0.4, 0.5) is 0 Å². The van der Waals surface area contributed by atoms with Crippen LogP contribution >= 0.6 is 11.6 Å². The van der Waals surface area contributed by atoms with Crippen LogP contribution in [0, 0.1) is 5.21 Å². The molecule has 0 bridgehead atoms. The maximum Gasteiger partial charge on any atom is 0.292 e. The highest BCUT2D eigenvalue weighted by Crippen LogP contribution is 2.26. The number of carbonyl (C=O) groups is 1. The number of aromatic nitrogens is 4. The van der Waals surface area contributed by atoms with E-state index in [9.17, 15) is 23.5 Å². The Morgan fingerprint density at radius 1 is 1.14 bits per heavy atom. The number of benzene rings is 1. The highest BCUT2D eigenvalue weighted by Gasteiger charge is 2.37. The predicted molar refractivity (Wildman–Crippen MR) is 130 cm³/mol. The summed E-state index contributed by atoms with van der Waals surface area (Å²) in [5.74, 6) is -0.584. The number of aliphatic hydroxyl groups is 1. The fourth-order valence-corrected chi connectivity index (χ4v) is 5.81. The quantitative estimate of drug-likeness (QED) is 0.294. The second kappa shape index (κ2) is 9.47. The molecule has 11 nitrogen and oxygen atoms in total. The number of rotatable bonds is 5. The third kappa shape index (κ3) is 4.51. The molecule has 36 heavy (non-hydrogen) atoms. The molecule has 3 aromatic heterocycles. The van der Waals surface area contributed by atoms with E-state index in [-0.39, 0.29) is 30.5 Å². The zero-order chi connectivity index (χ0) is 25.4. The number of aromatic amines is 1. The Labute approximate surface area is 211 Å². The maximum atomic E-state index is 13.3. The van der Waals surface area contributed by atoms with Crippen molar-refractivity contribution in [3.05, 3.63) is 77.2 Å². The van der Waals surface area contributed by atoms with Crippen molar-refractivity contribution in [2.45, 2.75) is 11.1 Å². The molecule has 0 radical (unpaired) electrons. The van der Waals surface area contributed by atoms with Crippen LogP contribution in [0.5, 0.6) is 0 Å². The van der Waals surface area contributed by atoms with E-state index in [0.29, 0.717) is 31.8 Å². The number of fused-ring (bicyclic) bond motifs is 1. The van der Waals surface area contributed by atoms with E-state index in [1.807, 2.05) is 0 Å². The summed E-state index contributed by atoms with van der Waals surface area (Å²) in [7, 11) is -3.90. The van der Waals surface area contributed by atoms with E-state index in [0.717, 1.165) is 0 Å². The van der Waals surface area contributed by atoms with Crippen molar-refractivity contribution >= 4 is 38.4 Å². The van der Waals surface area contributed by atoms with Crippen molar-refractivity contribution < 1.29 is 23.0 Å². The summed E-state index contributed by atoms with van der Waals surface area (Å²) < 4.78 is 28.4. The summed E-state index contributed by atoms with van der Waals surface area (Å²) >= 11 is 6.01. The smallest absolute Gasteiger partial charge is 0.292 e. The lowest BCUT2D eigenvalue weighted by molar-refractivity contribution is -0.605. The van der Waals surface area contributed by atoms with Gasteiger partial charge in [-0.05, 0) is 29.8 Å². The topological polar surface area (TPSA) is 146 Å². The first-order valence-electron chi connectivity index (χ1n) is 11.0. The summed E-state index contributed by atoms with van der Waals surface area (Å²) in [6.07, 6.45) is 5.64. The summed E-state index contributed by atoms with van der Waals surface area (Å²) in [6, 6.07) is 8.99. The lowest BCUT2D eigenvalue weighted by atomic mass is 10.1. The molecular formula is C23H21ClN6O5S. The molecule has 0 spiro atoms. The van der Waals surface area contributed by atoms with Crippen LogP contribution in [0.1, 0.15) is 10.6 Å². The summed E-state index contributed by atoms with van der Waals surface area (Å²) in [6.45, 7) is -0.421. The number of nitrogens with zero attached hydrogens (tertiary/aromatic N) is 5. The highest BCUT2D eigenvalue weighted by atomic mass is 35.5. The molecule has 1 aromatic carbocycles. The number of H-pyrrole nitrogens is 1. The molecule has 1 fully saturated rings. The molecule has 4 heterocycles. The summed E-state index contributed by atoms with van der Waals surface area (Å²) in [5, 5.41) is 22.4. The van der Waals surface area contributed by atoms with Crippen LogP contribution in [0.25, 0.3) is 22.0 Å². The van der Waals surface area contributed by atoms with Gasteiger partial charge in [0.1, 0.15) is 5.03 Å². The molecule has 4 aromatic rings. The van der Waals surface area contributed by atoms with Gasteiger partial charge in [0, 0.05) is 65.6 Å². The zero-order valence-corrected chi connectivity index (χ0v) is 20.4. The van der Waals surface area contributed by atoms with Crippen LogP contribution in [-0.2, 0) is 10.0 Å². The molecule has 1 aliphatic rings. The van der Waals surface area contributed by atoms with Gasteiger partial charge in [0.15, 0.2) is 12.4 Å². The monoisotopic (exact) mass is 528 g/mol. The summed E-state index contributed by atoms with van der Waals surface area (Å²) in [4.78, 5) is 25.7. The summed E-state index contributed by atoms with van der Waals surface area (Å²) in [5.41, 5.74) is 1.97. The van der Waals surface area contributed by atoms with Gasteiger partial charge in [0.2, 0.25) is 5.82 Å². The van der Waals surface area contributed by atoms with E-state index >= 15 is 0 Å². The highest BCUT2D eigenvalue weighted by molar-refractivity contribution is 7.89. The molecule has 1 aliphatic heterocycles. The first-order valence-corrected chi connectivity index (χ1v) is 12.8. The Kier molecular flexibility index (Phi) is 6.35. The number of halogens is 1. The van der Waals surface area contributed by atoms with Crippen LogP contribution in [0.3, 0.4) is 0 Å². The zero-order valence-electron chi connectivity index (χ0n) is 18.8. The Bertz CT molecular complexity index is 1530.